The van der Waals surface area contributed by atoms with Crippen molar-refractivity contribution in [2.24, 2.45) is 5.41 Å². The summed E-state index contributed by atoms with van der Waals surface area (Å²) in [5.74, 6) is 0.785. The number of benzene rings is 1. The van der Waals surface area contributed by atoms with Crippen LogP contribution in [-0.2, 0) is 6.42 Å². The van der Waals surface area contributed by atoms with E-state index in [-0.39, 0.29) is 5.41 Å². The summed E-state index contributed by atoms with van der Waals surface area (Å²) in [6, 6.07) is 12.2. The number of fused-ring (bicyclic) bond motifs is 1. The molecule has 0 aliphatic carbocycles. The third-order valence-electron chi connectivity index (χ3n) is 6.32. The third kappa shape index (κ3) is 6.90. The molecule has 0 radical (unpaired) electrons. The van der Waals surface area contributed by atoms with Gasteiger partial charge >= 0.3 is 0 Å². The summed E-state index contributed by atoms with van der Waals surface area (Å²) in [4.78, 5) is 17.7. The molecule has 39 heavy (non-hydrogen) atoms. The van der Waals surface area contributed by atoms with Gasteiger partial charge in [-0.25, -0.2) is 4.98 Å². The molecule has 3 heterocycles. The van der Waals surface area contributed by atoms with E-state index in [1.54, 1.807) is 12.3 Å². The Bertz CT molecular complexity index is 1580. The van der Waals surface area contributed by atoms with Crippen LogP contribution in [0.2, 0.25) is 0 Å². The van der Waals surface area contributed by atoms with Crippen molar-refractivity contribution in [3.63, 3.8) is 0 Å². The minimum Gasteiger partial charge on any atom is -0.397 e. The summed E-state index contributed by atoms with van der Waals surface area (Å²) < 4.78 is 0. The van der Waals surface area contributed by atoms with Crippen LogP contribution in [0.4, 0.5) is 5.69 Å². The number of nitrogens with two attached hydrogens (primary N) is 1. The Morgan fingerprint density at radius 2 is 1.92 bits per heavy atom. The lowest BCUT2D eigenvalue weighted by molar-refractivity contribution is 0.403. The zero-order valence-electron chi connectivity index (χ0n) is 23.6. The predicted octanol–water partition coefficient (Wildman–Crippen LogP) is 7.51. The van der Waals surface area contributed by atoms with Gasteiger partial charge in [-0.2, -0.15) is 0 Å². The molecule has 0 spiro atoms. The van der Waals surface area contributed by atoms with Crippen LogP contribution in [0.25, 0.3) is 27.7 Å². The summed E-state index contributed by atoms with van der Waals surface area (Å²) in [6.45, 7) is 18.8. The van der Waals surface area contributed by atoms with Crippen molar-refractivity contribution in [3.05, 3.63) is 114 Å². The summed E-state index contributed by atoms with van der Waals surface area (Å²) >= 11 is 0. The number of H-pyrrole nitrogens is 1. The molecular weight excluding hydrogens is 480 g/mol. The number of hydrogen-bond donors (Lipinski definition) is 3. The Labute approximate surface area is 231 Å². The molecule has 3 aromatic heterocycles. The average molecular weight is 519 g/mol. The van der Waals surface area contributed by atoms with Gasteiger partial charge in [-0.05, 0) is 61.1 Å². The van der Waals surface area contributed by atoms with Gasteiger partial charge in [-0.1, -0.05) is 69.8 Å². The zero-order valence-corrected chi connectivity index (χ0v) is 23.6. The fourth-order valence-electron chi connectivity index (χ4n) is 4.57. The maximum Gasteiger partial charge on any atom is 0.113 e. The summed E-state index contributed by atoms with van der Waals surface area (Å²) in [6.07, 6.45) is 10.8. The highest BCUT2D eigenvalue weighted by atomic mass is 14.9. The molecule has 6 nitrogen and oxygen atoms in total. The van der Waals surface area contributed by atoms with Crippen LogP contribution in [0.3, 0.4) is 0 Å². The van der Waals surface area contributed by atoms with Gasteiger partial charge in [0.25, 0.3) is 0 Å². The van der Waals surface area contributed by atoms with Crippen molar-refractivity contribution >= 4 is 22.3 Å². The second-order valence-corrected chi connectivity index (χ2v) is 11.1. The fraction of sp³-hybridized carbons (Fsp3) is 0.242. The highest BCUT2D eigenvalue weighted by Crippen LogP contribution is 2.28. The maximum absolute atomic E-state index is 6.37. The highest BCUT2D eigenvalue weighted by Gasteiger charge is 2.15. The number of nitrogens with one attached hydrogen (secondary N) is 2. The lowest BCUT2D eigenvalue weighted by Gasteiger charge is -2.21. The Balaban J connectivity index is 1.62. The van der Waals surface area contributed by atoms with E-state index in [9.17, 15) is 0 Å². The molecule has 0 unspecified atom stereocenters. The van der Waals surface area contributed by atoms with Gasteiger partial charge in [0.05, 0.1) is 40.7 Å². The van der Waals surface area contributed by atoms with E-state index in [1.165, 1.54) is 5.56 Å². The van der Waals surface area contributed by atoms with Crippen LogP contribution in [-0.4, -0.2) is 19.9 Å². The SMILES string of the molecule is C=C/C(=C\C(=C/C)c1ccc(N)c(Cc2nc3c(-c4cccc(C)c4)cncc3[nH]2)n1)NC(=C)CC(C)(C)C. The molecule has 0 aliphatic rings. The third-order valence-corrected chi connectivity index (χ3v) is 6.32. The topological polar surface area (TPSA) is 92.5 Å². The molecule has 0 atom stereocenters. The number of aromatic nitrogens is 4. The van der Waals surface area contributed by atoms with Crippen LogP contribution in [0.15, 0.2) is 91.6 Å². The fourth-order valence-corrected chi connectivity index (χ4v) is 4.57. The standard InChI is InChI=1S/C33H38N6/c1-8-23(16-25(9-2)36-22(4)18-33(5,6)7)28-14-13-27(34)29(37-28)17-31-38-30-20-35-19-26(32(30)39-31)24-12-10-11-21(3)15-24/h8-16,19-20,36H,2,4,17-18,34H2,1,3,5-7H3,(H,38,39)/b23-8+,25-16+. The van der Waals surface area contributed by atoms with Gasteiger partial charge in [0.1, 0.15) is 5.82 Å². The second kappa shape index (κ2) is 11.5. The van der Waals surface area contributed by atoms with Crippen LogP contribution in [0.5, 0.6) is 0 Å². The number of rotatable bonds is 9. The van der Waals surface area contributed by atoms with Crippen LogP contribution >= 0.6 is 0 Å². The molecule has 0 fully saturated rings. The number of nitrogens with zero attached hydrogens (tertiary/aromatic N) is 3. The molecule has 0 saturated heterocycles. The Morgan fingerprint density at radius 1 is 1.13 bits per heavy atom. The zero-order chi connectivity index (χ0) is 28.2. The lowest BCUT2D eigenvalue weighted by Crippen LogP contribution is -2.16. The van der Waals surface area contributed by atoms with Crippen molar-refractivity contribution in [2.75, 3.05) is 5.73 Å². The molecule has 200 valence electrons. The number of pyridine rings is 2. The number of anilines is 1. The Hall–Kier alpha value is -4.45. The first-order valence-electron chi connectivity index (χ1n) is 13.2. The van der Waals surface area contributed by atoms with Crippen LogP contribution < -0.4 is 11.1 Å². The van der Waals surface area contributed by atoms with Crippen molar-refractivity contribution in [2.45, 2.75) is 47.5 Å². The van der Waals surface area contributed by atoms with Gasteiger partial charge in [-0.3, -0.25) is 9.97 Å². The van der Waals surface area contributed by atoms with Crippen molar-refractivity contribution in [1.29, 1.82) is 0 Å². The quantitative estimate of drug-likeness (QED) is 0.199. The van der Waals surface area contributed by atoms with Crippen LogP contribution in [0, 0.1) is 12.3 Å². The minimum absolute atomic E-state index is 0.140. The molecule has 0 aliphatic heterocycles. The van der Waals surface area contributed by atoms with Crippen LogP contribution in [0.1, 0.15) is 56.9 Å². The second-order valence-electron chi connectivity index (χ2n) is 11.1. The largest absolute Gasteiger partial charge is 0.397 e. The first-order chi connectivity index (χ1) is 18.6. The highest BCUT2D eigenvalue weighted by molar-refractivity contribution is 5.91. The summed E-state index contributed by atoms with van der Waals surface area (Å²) in [5.41, 5.74) is 16.5. The van der Waals surface area contributed by atoms with Gasteiger partial charge in [-0.15, -0.1) is 0 Å². The van der Waals surface area contributed by atoms with Gasteiger partial charge < -0.3 is 16.0 Å². The molecule has 6 heteroatoms. The van der Waals surface area contributed by atoms with E-state index in [4.69, 9.17) is 15.7 Å². The first-order valence-corrected chi connectivity index (χ1v) is 13.2. The number of aromatic amines is 1. The summed E-state index contributed by atoms with van der Waals surface area (Å²) in [5, 5.41) is 3.40. The van der Waals surface area contributed by atoms with E-state index in [2.05, 4.69) is 74.3 Å². The minimum atomic E-state index is 0.140. The molecular formula is C33H38N6. The number of nitrogen functional groups attached to an aromatic ring is 1. The molecule has 4 rings (SSSR count). The molecule has 4 aromatic rings. The molecule has 4 N–H and O–H groups in total. The van der Waals surface area contributed by atoms with E-state index >= 15 is 0 Å². The predicted molar refractivity (Wildman–Crippen MR) is 164 cm³/mol. The Morgan fingerprint density at radius 3 is 2.62 bits per heavy atom. The van der Waals surface area contributed by atoms with E-state index < -0.39 is 0 Å². The van der Waals surface area contributed by atoms with Crippen molar-refractivity contribution < 1.29 is 0 Å². The van der Waals surface area contributed by atoms with Crippen molar-refractivity contribution in [3.8, 4) is 11.1 Å². The van der Waals surface area contributed by atoms with E-state index in [0.717, 1.165) is 62.8 Å². The number of aryl methyl sites for hydroxylation is 1. The Kier molecular flexibility index (Phi) is 8.15. The monoisotopic (exact) mass is 518 g/mol. The number of imidazole rings is 1. The van der Waals surface area contributed by atoms with Crippen molar-refractivity contribution in [1.82, 2.24) is 25.3 Å². The van der Waals surface area contributed by atoms with E-state index in [0.29, 0.717) is 12.1 Å². The van der Waals surface area contributed by atoms with Gasteiger partial charge in [0.15, 0.2) is 0 Å². The number of hydrogen-bond acceptors (Lipinski definition) is 5. The average Bonchev–Trinajstić information content (AvgIpc) is 3.29. The molecule has 1 aromatic carbocycles. The maximum atomic E-state index is 6.37. The normalized spacial score (nSPS) is 12.5. The smallest absolute Gasteiger partial charge is 0.113 e. The lowest BCUT2D eigenvalue weighted by atomic mass is 9.91. The van der Waals surface area contributed by atoms with Gasteiger partial charge in [0, 0.05) is 23.2 Å². The first kappa shape index (κ1) is 27.6. The number of allylic oxidation sites excluding steroid dienone is 5. The van der Waals surface area contributed by atoms with E-state index in [1.807, 2.05) is 43.5 Å². The molecule has 0 bridgehead atoms. The van der Waals surface area contributed by atoms with Gasteiger partial charge in [0.2, 0.25) is 0 Å². The molecule has 0 amide bonds. The molecule has 0 saturated carbocycles. The summed E-state index contributed by atoms with van der Waals surface area (Å²) in [7, 11) is 0.